The number of hydrogen-bond acceptors (Lipinski definition) is 5. The molecule has 1 fully saturated rings. The Labute approximate surface area is 225 Å². The fraction of sp³-hybridized carbons (Fsp3) is 0.484. The second kappa shape index (κ2) is 12.1. The van der Waals surface area contributed by atoms with E-state index in [4.69, 9.17) is 19.3 Å². The van der Waals surface area contributed by atoms with Crippen LogP contribution in [0.2, 0.25) is 0 Å². The van der Waals surface area contributed by atoms with Crippen molar-refractivity contribution in [2.75, 3.05) is 33.5 Å². The number of benzene rings is 2. The first-order chi connectivity index (χ1) is 18.6. The monoisotopic (exact) mass is 517 g/mol. The van der Waals surface area contributed by atoms with E-state index >= 15 is 0 Å². The Kier molecular flexibility index (Phi) is 8.45. The maximum absolute atomic E-state index is 14.1. The van der Waals surface area contributed by atoms with Crippen molar-refractivity contribution in [3.8, 4) is 5.75 Å². The van der Waals surface area contributed by atoms with Crippen molar-refractivity contribution in [3.05, 3.63) is 82.7 Å². The Hall–Kier alpha value is -3.16. The molecular weight excluding hydrogens is 478 g/mol. The summed E-state index contributed by atoms with van der Waals surface area (Å²) in [7, 11) is 1.67. The summed E-state index contributed by atoms with van der Waals surface area (Å²) < 4.78 is 19.0. The lowest BCUT2D eigenvalue weighted by molar-refractivity contribution is -0.00208. The number of carbonyl (C=O) groups is 1. The predicted octanol–water partition coefficient (Wildman–Crippen LogP) is 5.06. The summed E-state index contributed by atoms with van der Waals surface area (Å²) >= 11 is 0. The van der Waals surface area contributed by atoms with Crippen molar-refractivity contribution in [3.63, 3.8) is 0 Å². The summed E-state index contributed by atoms with van der Waals surface area (Å²) in [5.41, 5.74) is 5.24. The third-order valence-corrected chi connectivity index (χ3v) is 7.90. The number of aromatic nitrogens is 2. The number of ether oxygens (including phenoxy) is 3. The summed E-state index contributed by atoms with van der Waals surface area (Å²) in [6, 6.07) is 18.3. The molecule has 38 heavy (non-hydrogen) atoms. The van der Waals surface area contributed by atoms with Crippen molar-refractivity contribution in [2.24, 2.45) is 5.41 Å². The van der Waals surface area contributed by atoms with E-state index in [0.717, 1.165) is 80.1 Å². The molecule has 0 N–H and O–H groups in total. The highest BCUT2D eigenvalue weighted by molar-refractivity contribution is 5.95. The van der Waals surface area contributed by atoms with E-state index in [9.17, 15) is 4.79 Å². The van der Waals surface area contributed by atoms with Crippen molar-refractivity contribution >= 4 is 5.91 Å². The Morgan fingerprint density at radius 2 is 1.79 bits per heavy atom. The molecule has 2 aliphatic heterocycles. The largest absolute Gasteiger partial charge is 0.497 e. The molecule has 1 aromatic heterocycles. The van der Waals surface area contributed by atoms with Gasteiger partial charge in [0, 0.05) is 45.0 Å². The maximum atomic E-state index is 14.1. The lowest BCUT2D eigenvalue weighted by Gasteiger charge is -2.39. The van der Waals surface area contributed by atoms with Crippen LogP contribution in [0.5, 0.6) is 5.75 Å². The molecule has 202 valence electrons. The van der Waals surface area contributed by atoms with Crippen LogP contribution in [0.25, 0.3) is 0 Å². The summed E-state index contributed by atoms with van der Waals surface area (Å²) in [4.78, 5) is 16.1. The molecule has 0 atom stereocenters. The molecule has 0 saturated carbocycles. The van der Waals surface area contributed by atoms with E-state index in [1.54, 1.807) is 7.11 Å². The highest BCUT2D eigenvalue weighted by Crippen LogP contribution is 2.40. The molecule has 3 heterocycles. The molecule has 0 bridgehead atoms. The van der Waals surface area contributed by atoms with Gasteiger partial charge in [-0.3, -0.25) is 9.48 Å². The van der Waals surface area contributed by atoms with Gasteiger partial charge in [-0.05, 0) is 67.7 Å². The zero-order valence-corrected chi connectivity index (χ0v) is 22.7. The van der Waals surface area contributed by atoms with E-state index in [1.807, 2.05) is 52.0 Å². The first-order valence-electron chi connectivity index (χ1n) is 13.8. The summed E-state index contributed by atoms with van der Waals surface area (Å²) in [6.45, 7) is 6.81. The average molecular weight is 518 g/mol. The highest BCUT2D eigenvalue weighted by atomic mass is 16.5. The van der Waals surface area contributed by atoms with Crippen molar-refractivity contribution in [1.82, 2.24) is 14.7 Å². The van der Waals surface area contributed by atoms with Gasteiger partial charge < -0.3 is 19.1 Å². The second-order valence-corrected chi connectivity index (χ2v) is 10.5. The zero-order valence-electron chi connectivity index (χ0n) is 22.7. The number of fused-ring (bicyclic) bond motifs is 1. The van der Waals surface area contributed by atoms with Gasteiger partial charge in [-0.25, -0.2) is 0 Å². The smallest absolute Gasteiger partial charge is 0.272 e. The number of carbonyl (C=O) groups excluding carboxylic acids is 1. The Bertz CT molecular complexity index is 1200. The van der Waals surface area contributed by atoms with Crippen LogP contribution in [0.4, 0.5) is 0 Å². The minimum Gasteiger partial charge on any atom is -0.497 e. The molecule has 0 unspecified atom stereocenters. The molecule has 0 aliphatic carbocycles. The highest BCUT2D eigenvalue weighted by Gasteiger charge is 2.42. The Morgan fingerprint density at radius 1 is 1.03 bits per heavy atom. The van der Waals surface area contributed by atoms with Gasteiger partial charge in [0.05, 0.1) is 19.4 Å². The number of aryl methyl sites for hydroxylation is 2. The summed E-state index contributed by atoms with van der Waals surface area (Å²) in [5.74, 6) is 0.903. The van der Waals surface area contributed by atoms with Crippen molar-refractivity contribution in [1.29, 1.82) is 0 Å². The fourth-order valence-corrected chi connectivity index (χ4v) is 5.79. The van der Waals surface area contributed by atoms with Crippen LogP contribution in [0.15, 0.2) is 54.6 Å². The number of hydrogen-bond donors (Lipinski definition) is 0. The third-order valence-electron chi connectivity index (χ3n) is 7.90. The Balaban J connectivity index is 1.36. The first kappa shape index (κ1) is 26.4. The van der Waals surface area contributed by atoms with Gasteiger partial charge in [0.15, 0.2) is 0 Å². The normalized spacial score (nSPS) is 16.9. The van der Waals surface area contributed by atoms with Crippen LogP contribution in [-0.4, -0.2) is 54.1 Å². The molecule has 1 amide bonds. The molecule has 1 saturated heterocycles. The predicted molar refractivity (Wildman–Crippen MR) is 146 cm³/mol. The lowest BCUT2D eigenvalue weighted by Crippen LogP contribution is -2.43. The fourth-order valence-electron chi connectivity index (χ4n) is 5.79. The quantitative estimate of drug-likeness (QED) is 0.352. The Morgan fingerprint density at radius 3 is 2.50 bits per heavy atom. The van der Waals surface area contributed by atoms with Crippen molar-refractivity contribution in [2.45, 2.75) is 58.7 Å². The SMILES string of the molecule is CCn1nc(CCCOCc2ccccc2)c2c1C(=O)N(Cc1ccc(OC)cc1)CC1(CCOCC1)C2. The van der Waals surface area contributed by atoms with Gasteiger partial charge in [0.1, 0.15) is 11.4 Å². The molecule has 7 nitrogen and oxygen atoms in total. The van der Waals surface area contributed by atoms with Gasteiger partial charge in [-0.15, -0.1) is 0 Å². The minimum absolute atomic E-state index is 0.00575. The van der Waals surface area contributed by atoms with Gasteiger partial charge in [0.2, 0.25) is 0 Å². The molecule has 5 rings (SSSR count). The van der Waals surface area contributed by atoms with Crippen LogP contribution in [0, 0.1) is 5.41 Å². The van der Waals surface area contributed by atoms with Crippen LogP contribution >= 0.6 is 0 Å². The summed E-state index contributed by atoms with van der Waals surface area (Å²) in [5, 5.41) is 4.97. The van der Waals surface area contributed by atoms with Gasteiger partial charge in [0.25, 0.3) is 5.91 Å². The molecule has 3 aromatic rings. The van der Waals surface area contributed by atoms with Crippen LogP contribution in [0.1, 0.15) is 59.1 Å². The molecule has 0 radical (unpaired) electrons. The number of nitrogens with zero attached hydrogens (tertiary/aromatic N) is 3. The second-order valence-electron chi connectivity index (χ2n) is 10.5. The minimum atomic E-state index is 0.00575. The van der Waals surface area contributed by atoms with Crippen LogP contribution < -0.4 is 4.74 Å². The standard InChI is InChI=1S/C31H39N3O4/c1-3-34-29-27(28(32-34)10-7-17-38-22-25-8-5-4-6-9-25)20-31(15-18-37-19-16-31)23-33(30(29)35)21-24-11-13-26(36-2)14-12-24/h4-6,8-9,11-14H,3,7,10,15-23H2,1-2H3. The van der Waals surface area contributed by atoms with Crippen LogP contribution in [-0.2, 0) is 42.0 Å². The third kappa shape index (κ3) is 5.94. The van der Waals surface area contributed by atoms with E-state index in [2.05, 4.69) is 19.1 Å². The average Bonchev–Trinajstić information content (AvgIpc) is 3.24. The molecule has 2 aliphatic rings. The van der Waals surface area contributed by atoms with E-state index in [-0.39, 0.29) is 11.3 Å². The molecule has 1 spiro atoms. The number of amides is 1. The van der Waals surface area contributed by atoms with E-state index in [0.29, 0.717) is 26.3 Å². The van der Waals surface area contributed by atoms with Crippen molar-refractivity contribution < 1.29 is 19.0 Å². The number of rotatable bonds is 10. The van der Waals surface area contributed by atoms with E-state index in [1.165, 1.54) is 5.56 Å². The zero-order chi connectivity index (χ0) is 26.4. The first-order valence-corrected chi connectivity index (χ1v) is 13.8. The van der Waals surface area contributed by atoms with E-state index < -0.39 is 0 Å². The summed E-state index contributed by atoms with van der Waals surface area (Å²) in [6.07, 6.45) is 4.46. The lowest BCUT2D eigenvalue weighted by atomic mass is 9.75. The van der Waals surface area contributed by atoms with Gasteiger partial charge in [-0.2, -0.15) is 5.10 Å². The van der Waals surface area contributed by atoms with Gasteiger partial charge >= 0.3 is 0 Å². The number of methoxy groups -OCH3 is 1. The topological polar surface area (TPSA) is 65.8 Å². The van der Waals surface area contributed by atoms with Gasteiger partial charge in [-0.1, -0.05) is 42.5 Å². The maximum Gasteiger partial charge on any atom is 0.272 e. The van der Waals surface area contributed by atoms with Crippen LogP contribution in [0.3, 0.4) is 0 Å². The molecular formula is C31H39N3O4. The molecule has 7 heteroatoms. The molecule has 2 aromatic carbocycles.